The Morgan fingerprint density at radius 1 is 0.882 bits per heavy atom. The van der Waals surface area contributed by atoms with Crippen molar-refractivity contribution in [1.82, 2.24) is 4.90 Å². The van der Waals surface area contributed by atoms with Crippen LogP contribution in [-0.2, 0) is 4.79 Å². The van der Waals surface area contributed by atoms with E-state index in [9.17, 15) is 9.90 Å². The van der Waals surface area contributed by atoms with Crippen LogP contribution in [-0.4, -0.2) is 41.8 Å². The summed E-state index contributed by atoms with van der Waals surface area (Å²) >= 11 is 0. The van der Waals surface area contributed by atoms with Gasteiger partial charge in [0.2, 0.25) is 0 Å². The molecule has 5 heteroatoms. The van der Waals surface area contributed by atoms with Crippen LogP contribution in [0.15, 0.2) is 72.8 Å². The fourth-order valence-corrected chi connectivity index (χ4v) is 4.83. The summed E-state index contributed by atoms with van der Waals surface area (Å²) in [7, 11) is 0. The molecule has 2 atom stereocenters. The number of aliphatic carboxylic acids is 1. The van der Waals surface area contributed by atoms with Crippen LogP contribution in [0, 0.1) is 0 Å². The predicted molar refractivity (Wildman–Crippen MR) is 134 cm³/mol. The minimum atomic E-state index is -0.762. The summed E-state index contributed by atoms with van der Waals surface area (Å²) in [5, 5.41) is 10.0. The van der Waals surface area contributed by atoms with Crippen LogP contribution in [0.3, 0.4) is 0 Å². The second-order valence-corrected chi connectivity index (χ2v) is 8.55. The average Bonchev–Trinajstić information content (AvgIpc) is 2.87. The van der Waals surface area contributed by atoms with Crippen molar-refractivity contribution in [3.63, 3.8) is 0 Å². The van der Waals surface area contributed by atoms with Gasteiger partial charge in [-0.25, -0.2) is 0 Å². The van der Waals surface area contributed by atoms with Gasteiger partial charge in [0.05, 0.1) is 19.3 Å². The molecule has 34 heavy (non-hydrogen) atoms. The molecule has 1 aliphatic rings. The number of likely N-dealkylation sites (tertiary alicyclic amines) is 1. The summed E-state index contributed by atoms with van der Waals surface area (Å²) < 4.78 is 11.7. The smallest absolute Gasteiger partial charge is 0.320 e. The molecule has 0 aliphatic carbocycles. The maximum Gasteiger partial charge on any atom is 0.320 e. The molecule has 0 saturated carbocycles. The molecular weight excluding hydrogens is 426 g/mol. The van der Waals surface area contributed by atoms with Gasteiger partial charge in [-0.15, -0.1) is 0 Å². The van der Waals surface area contributed by atoms with E-state index in [0.29, 0.717) is 31.1 Å². The quantitative estimate of drug-likeness (QED) is 0.414. The summed E-state index contributed by atoms with van der Waals surface area (Å²) in [6, 6.07) is 24.0. The molecule has 1 saturated heterocycles. The molecule has 1 fully saturated rings. The minimum absolute atomic E-state index is 0.193. The van der Waals surface area contributed by atoms with Crippen LogP contribution in [0.4, 0.5) is 0 Å². The minimum Gasteiger partial charge on any atom is -0.490 e. The Kier molecular flexibility index (Phi) is 7.86. The number of rotatable bonds is 9. The summed E-state index contributed by atoms with van der Waals surface area (Å²) in [4.78, 5) is 14.3. The highest BCUT2D eigenvalue weighted by Gasteiger charge is 2.35. The third kappa shape index (κ3) is 5.26. The van der Waals surface area contributed by atoms with Crippen molar-refractivity contribution in [3.8, 4) is 22.6 Å². The highest BCUT2D eigenvalue weighted by molar-refractivity contribution is 5.74. The van der Waals surface area contributed by atoms with Gasteiger partial charge in [0, 0.05) is 0 Å². The lowest BCUT2D eigenvalue weighted by Gasteiger charge is -2.39. The van der Waals surface area contributed by atoms with Crippen molar-refractivity contribution in [3.05, 3.63) is 83.9 Å². The maximum atomic E-state index is 12.2. The molecule has 0 aromatic heterocycles. The first-order valence-electron chi connectivity index (χ1n) is 12.2. The van der Waals surface area contributed by atoms with Crippen molar-refractivity contribution < 1.29 is 19.4 Å². The van der Waals surface area contributed by atoms with E-state index < -0.39 is 12.0 Å². The van der Waals surface area contributed by atoms with E-state index >= 15 is 0 Å². The molecular formula is C29H33NO4. The predicted octanol–water partition coefficient (Wildman–Crippen LogP) is 6.18. The van der Waals surface area contributed by atoms with Crippen LogP contribution in [0.2, 0.25) is 0 Å². The zero-order valence-electron chi connectivity index (χ0n) is 19.9. The van der Waals surface area contributed by atoms with Gasteiger partial charge >= 0.3 is 5.97 Å². The van der Waals surface area contributed by atoms with Crippen molar-refractivity contribution in [2.45, 2.75) is 45.2 Å². The van der Waals surface area contributed by atoms with Gasteiger partial charge in [-0.3, -0.25) is 9.69 Å². The fraction of sp³-hybridized carbons (Fsp3) is 0.345. The number of carbonyl (C=O) groups is 1. The topological polar surface area (TPSA) is 59.0 Å². The first-order valence-corrected chi connectivity index (χ1v) is 12.2. The Labute approximate surface area is 201 Å². The number of carboxylic acids is 1. The molecule has 2 unspecified atom stereocenters. The highest BCUT2D eigenvalue weighted by Crippen LogP contribution is 2.39. The normalized spacial score (nSPS) is 17.2. The van der Waals surface area contributed by atoms with Crippen LogP contribution in [0.5, 0.6) is 11.5 Å². The Balaban J connectivity index is 1.78. The summed E-state index contributed by atoms with van der Waals surface area (Å²) in [5.74, 6) is 0.637. The number of ether oxygens (including phenoxy) is 2. The fourth-order valence-electron chi connectivity index (χ4n) is 4.83. The van der Waals surface area contributed by atoms with Gasteiger partial charge in [-0.05, 0) is 67.6 Å². The molecule has 0 amide bonds. The standard InChI is InChI=1S/C29H33NO4/c1-3-33-26-18-17-24(20-27(26)34-4-2)28(30-19-9-8-12-25(30)29(31)32)23-15-13-22(14-16-23)21-10-6-5-7-11-21/h5-7,10-11,13-18,20,25,28H,3-4,8-9,12,19H2,1-2H3,(H,31,32). The lowest BCUT2D eigenvalue weighted by molar-refractivity contribution is -0.145. The second-order valence-electron chi connectivity index (χ2n) is 8.55. The molecule has 4 rings (SSSR count). The van der Waals surface area contributed by atoms with Crippen LogP contribution < -0.4 is 9.47 Å². The van der Waals surface area contributed by atoms with Gasteiger partial charge in [0.1, 0.15) is 6.04 Å². The number of hydrogen-bond donors (Lipinski definition) is 1. The number of nitrogens with zero attached hydrogens (tertiary/aromatic N) is 1. The molecule has 0 radical (unpaired) electrons. The van der Waals surface area contributed by atoms with E-state index in [4.69, 9.17) is 9.47 Å². The van der Waals surface area contributed by atoms with E-state index in [-0.39, 0.29) is 6.04 Å². The first kappa shape index (κ1) is 23.8. The van der Waals surface area contributed by atoms with Crippen LogP contribution in [0.25, 0.3) is 11.1 Å². The zero-order valence-corrected chi connectivity index (χ0v) is 19.9. The van der Waals surface area contributed by atoms with E-state index in [2.05, 4.69) is 41.3 Å². The van der Waals surface area contributed by atoms with Crippen molar-refractivity contribution >= 4 is 5.97 Å². The van der Waals surface area contributed by atoms with E-state index in [1.54, 1.807) is 0 Å². The first-order chi connectivity index (χ1) is 16.6. The van der Waals surface area contributed by atoms with Gasteiger partial charge in [0.25, 0.3) is 0 Å². The lowest BCUT2D eigenvalue weighted by atomic mass is 9.90. The monoisotopic (exact) mass is 459 g/mol. The van der Waals surface area contributed by atoms with E-state index in [0.717, 1.165) is 41.6 Å². The molecule has 178 valence electrons. The Morgan fingerprint density at radius 3 is 2.21 bits per heavy atom. The zero-order chi connectivity index (χ0) is 23.9. The Hall–Kier alpha value is -3.31. The summed E-state index contributed by atoms with van der Waals surface area (Å²) in [5.41, 5.74) is 4.37. The van der Waals surface area contributed by atoms with Gasteiger partial charge in [0.15, 0.2) is 11.5 Å². The largest absolute Gasteiger partial charge is 0.490 e. The molecule has 0 spiro atoms. The molecule has 1 heterocycles. The SMILES string of the molecule is CCOc1ccc(C(c2ccc(-c3ccccc3)cc2)N2CCCCC2C(=O)O)cc1OCC. The highest BCUT2D eigenvalue weighted by atomic mass is 16.5. The second kappa shape index (κ2) is 11.2. The number of carboxylic acid groups (broad SMARTS) is 1. The van der Waals surface area contributed by atoms with Gasteiger partial charge in [-0.1, -0.05) is 67.1 Å². The van der Waals surface area contributed by atoms with Gasteiger partial charge in [-0.2, -0.15) is 0 Å². The van der Waals surface area contributed by atoms with Gasteiger partial charge < -0.3 is 14.6 Å². The number of piperidine rings is 1. The van der Waals surface area contributed by atoms with Crippen molar-refractivity contribution in [1.29, 1.82) is 0 Å². The van der Waals surface area contributed by atoms with Crippen molar-refractivity contribution in [2.75, 3.05) is 19.8 Å². The lowest BCUT2D eigenvalue weighted by Crippen LogP contribution is -2.46. The average molecular weight is 460 g/mol. The van der Waals surface area contributed by atoms with E-state index in [1.165, 1.54) is 0 Å². The summed E-state index contributed by atoms with van der Waals surface area (Å²) in [6.45, 7) is 5.72. The number of hydrogen-bond acceptors (Lipinski definition) is 4. The molecule has 1 aliphatic heterocycles. The third-order valence-corrected chi connectivity index (χ3v) is 6.38. The van der Waals surface area contributed by atoms with Crippen LogP contribution in [0.1, 0.15) is 50.3 Å². The number of benzene rings is 3. The van der Waals surface area contributed by atoms with Crippen molar-refractivity contribution in [2.24, 2.45) is 0 Å². The third-order valence-electron chi connectivity index (χ3n) is 6.38. The molecule has 5 nitrogen and oxygen atoms in total. The van der Waals surface area contributed by atoms with Crippen LogP contribution >= 0.6 is 0 Å². The summed E-state index contributed by atoms with van der Waals surface area (Å²) in [6.07, 6.45) is 2.57. The molecule has 3 aromatic rings. The van der Waals surface area contributed by atoms with E-state index in [1.807, 2.05) is 50.2 Å². The molecule has 3 aromatic carbocycles. The molecule has 0 bridgehead atoms. The maximum absolute atomic E-state index is 12.2. The Bertz CT molecular complexity index is 1080. The Morgan fingerprint density at radius 2 is 1.53 bits per heavy atom. The molecule has 1 N–H and O–H groups in total.